The van der Waals surface area contributed by atoms with E-state index in [9.17, 15) is 22.8 Å². The fraction of sp³-hybridized carbons (Fsp3) is 0.600. The zero-order valence-corrected chi connectivity index (χ0v) is 16.7. The van der Waals surface area contributed by atoms with E-state index in [1.54, 1.807) is 11.8 Å². The van der Waals surface area contributed by atoms with Crippen LogP contribution in [0.1, 0.15) is 25.7 Å². The predicted molar refractivity (Wildman–Crippen MR) is 104 cm³/mol. The number of amides is 1. The van der Waals surface area contributed by atoms with Gasteiger partial charge in [0.25, 0.3) is 5.91 Å². The molecule has 1 aromatic carbocycles. The monoisotopic (exact) mass is 414 g/mol. The molecule has 0 aromatic heterocycles. The van der Waals surface area contributed by atoms with E-state index in [2.05, 4.69) is 35.4 Å². The van der Waals surface area contributed by atoms with Gasteiger partial charge in [0.05, 0.1) is 0 Å². The molecule has 2 fully saturated rings. The van der Waals surface area contributed by atoms with Crippen LogP contribution in [0.4, 0.5) is 18.9 Å². The summed E-state index contributed by atoms with van der Waals surface area (Å²) in [7, 11) is 0. The van der Waals surface area contributed by atoms with Crippen molar-refractivity contribution in [1.82, 2.24) is 4.90 Å². The standard InChI is InChI=1S/C20H25F3N2O2S/c1-28-17-4-2-16(3-5-17)24-10-6-14(7-11-24)15-8-12-25(13-9-15)19(27)18(26)20(21,22)23/h2-5,14-15H,6-13H2,1H3. The van der Waals surface area contributed by atoms with Gasteiger partial charge in [-0.05, 0) is 68.0 Å². The number of benzene rings is 1. The molecule has 0 aliphatic carbocycles. The highest BCUT2D eigenvalue weighted by Gasteiger charge is 2.46. The lowest BCUT2D eigenvalue weighted by Gasteiger charge is -2.40. The predicted octanol–water partition coefficient (Wildman–Crippen LogP) is 3.99. The van der Waals surface area contributed by atoms with Crippen molar-refractivity contribution in [3.05, 3.63) is 24.3 Å². The third kappa shape index (κ3) is 4.82. The number of hydrogen-bond acceptors (Lipinski definition) is 4. The summed E-state index contributed by atoms with van der Waals surface area (Å²) < 4.78 is 37.3. The topological polar surface area (TPSA) is 40.6 Å². The molecule has 1 amide bonds. The number of halogens is 3. The first-order valence-electron chi connectivity index (χ1n) is 9.59. The number of likely N-dealkylation sites (tertiary alicyclic amines) is 1. The van der Waals surface area contributed by atoms with Crippen molar-refractivity contribution in [2.24, 2.45) is 11.8 Å². The van der Waals surface area contributed by atoms with Crippen LogP contribution in [0.5, 0.6) is 0 Å². The number of thioether (sulfide) groups is 1. The third-order valence-electron chi connectivity index (χ3n) is 5.92. The summed E-state index contributed by atoms with van der Waals surface area (Å²) >= 11 is 1.72. The largest absolute Gasteiger partial charge is 0.460 e. The first kappa shape index (κ1) is 21.0. The van der Waals surface area contributed by atoms with E-state index in [4.69, 9.17) is 0 Å². The van der Waals surface area contributed by atoms with E-state index < -0.39 is 17.9 Å². The van der Waals surface area contributed by atoms with Crippen molar-refractivity contribution in [3.63, 3.8) is 0 Å². The summed E-state index contributed by atoms with van der Waals surface area (Å²) in [4.78, 5) is 27.5. The van der Waals surface area contributed by atoms with E-state index in [-0.39, 0.29) is 13.1 Å². The van der Waals surface area contributed by atoms with E-state index >= 15 is 0 Å². The van der Waals surface area contributed by atoms with Gasteiger partial charge < -0.3 is 9.80 Å². The fourth-order valence-electron chi connectivity index (χ4n) is 4.26. The van der Waals surface area contributed by atoms with E-state index in [0.717, 1.165) is 30.8 Å². The molecule has 0 N–H and O–H groups in total. The number of carbonyl (C=O) groups excluding carboxylic acids is 2. The fourth-order valence-corrected chi connectivity index (χ4v) is 4.67. The molecule has 0 bridgehead atoms. The minimum Gasteiger partial charge on any atom is -0.372 e. The number of hydrogen-bond donors (Lipinski definition) is 0. The van der Waals surface area contributed by atoms with E-state index in [1.807, 2.05) is 0 Å². The molecule has 0 unspecified atom stereocenters. The molecule has 8 heteroatoms. The molecule has 28 heavy (non-hydrogen) atoms. The number of ketones is 1. The molecular weight excluding hydrogens is 389 g/mol. The third-order valence-corrected chi connectivity index (χ3v) is 6.67. The number of piperidine rings is 2. The van der Waals surface area contributed by atoms with Crippen LogP contribution in [0, 0.1) is 11.8 Å². The summed E-state index contributed by atoms with van der Waals surface area (Å²) in [5, 5.41) is 0. The molecule has 154 valence electrons. The van der Waals surface area contributed by atoms with Gasteiger partial charge >= 0.3 is 12.0 Å². The second kappa shape index (κ2) is 8.76. The second-order valence-electron chi connectivity index (χ2n) is 7.48. The van der Waals surface area contributed by atoms with Crippen LogP contribution in [0.15, 0.2) is 29.2 Å². The highest BCUT2D eigenvalue weighted by Crippen LogP contribution is 2.34. The highest BCUT2D eigenvalue weighted by atomic mass is 32.2. The molecule has 0 radical (unpaired) electrons. The maximum absolute atomic E-state index is 12.4. The molecule has 0 atom stereocenters. The number of Topliss-reactive ketones (excluding diaryl/α,β-unsaturated/α-hetero) is 1. The number of nitrogens with zero attached hydrogens (tertiary/aromatic N) is 2. The lowest BCUT2D eigenvalue weighted by atomic mass is 9.78. The van der Waals surface area contributed by atoms with Crippen molar-refractivity contribution in [2.75, 3.05) is 37.3 Å². The molecule has 0 spiro atoms. The van der Waals surface area contributed by atoms with Crippen molar-refractivity contribution < 1.29 is 22.8 Å². The summed E-state index contributed by atoms with van der Waals surface area (Å²) in [6.07, 6.45) is 0.399. The molecule has 2 saturated heterocycles. The van der Waals surface area contributed by atoms with Crippen LogP contribution < -0.4 is 4.90 Å². The molecule has 3 rings (SSSR count). The van der Waals surface area contributed by atoms with Gasteiger partial charge in [0.2, 0.25) is 0 Å². The van der Waals surface area contributed by atoms with Gasteiger partial charge in [0.1, 0.15) is 0 Å². The van der Waals surface area contributed by atoms with Crippen molar-refractivity contribution >= 4 is 29.1 Å². The molecule has 1 aromatic rings. The zero-order chi connectivity index (χ0) is 20.3. The zero-order valence-electron chi connectivity index (χ0n) is 15.9. The van der Waals surface area contributed by atoms with E-state index in [1.165, 1.54) is 10.6 Å². The number of rotatable bonds is 4. The van der Waals surface area contributed by atoms with Crippen LogP contribution in [0.3, 0.4) is 0 Å². The van der Waals surface area contributed by atoms with Crippen LogP contribution in [0.2, 0.25) is 0 Å². The first-order valence-corrected chi connectivity index (χ1v) is 10.8. The second-order valence-corrected chi connectivity index (χ2v) is 8.36. The maximum atomic E-state index is 12.4. The summed E-state index contributed by atoms with van der Waals surface area (Å²) in [6.45, 7) is 2.41. The first-order chi connectivity index (χ1) is 13.3. The summed E-state index contributed by atoms with van der Waals surface area (Å²) in [6, 6.07) is 8.55. The Morgan fingerprint density at radius 1 is 0.929 bits per heavy atom. The van der Waals surface area contributed by atoms with Gasteiger partial charge in [-0.15, -0.1) is 11.8 Å². The normalized spacial score (nSPS) is 19.7. The number of alkyl halides is 3. The molecular formula is C20H25F3N2O2S. The van der Waals surface area contributed by atoms with Gasteiger partial charge in [-0.1, -0.05) is 0 Å². The summed E-state index contributed by atoms with van der Waals surface area (Å²) in [5.41, 5.74) is 1.22. The number of anilines is 1. The van der Waals surface area contributed by atoms with Crippen molar-refractivity contribution in [2.45, 2.75) is 36.8 Å². The van der Waals surface area contributed by atoms with Crippen LogP contribution in [0.25, 0.3) is 0 Å². The molecule has 0 saturated carbocycles. The minimum atomic E-state index is -5.09. The number of carbonyl (C=O) groups is 2. The Bertz CT molecular complexity index is 692. The van der Waals surface area contributed by atoms with Crippen LogP contribution in [-0.4, -0.2) is 55.2 Å². The molecule has 2 aliphatic rings. The van der Waals surface area contributed by atoms with Crippen LogP contribution in [-0.2, 0) is 9.59 Å². The van der Waals surface area contributed by atoms with Gasteiger partial charge in [-0.2, -0.15) is 13.2 Å². The Hall–Kier alpha value is -1.70. The van der Waals surface area contributed by atoms with Gasteiger partial charge in [-0.25, -0.2) is 0 Å². The maximum Gasteiger partial charge on any atom is 0.460 e. The Morgan fingerprint density at radius 2 is 1.43 bits per heavy atom. The average Bonchev–Trinajstić information content (AvgIpc) is 2.72. The highest BCUT2D eigenvalue weighted by molar-refractivity contribution is 7.98. The Balaban J connectivity index is 1.47. The van der Waals surface area contributed by atoms with Crippen molar-refractivity contribution in [1.29, 1.82) is 0 Å². The quantitative estimate of drug-likeness (QED) is 0.552. The molecule has 2 heterocycles. The Kier molecular flexibility index (Phi) is 6.58. The van der Waals surface area contributed by atoms with Gasteiger partial charge in [0, 0.05) is 36.8 Å². The minimum absolute atomic E-state index is 0.238. The van der Waals surface area contributed by atoms with Gasteiger partial charge in [-0.3, -0.25) is 9.59 Å². The van der Waals surface area contributed by atoms with E-state index in [0.29, 0.717) is 24.7 Å². The summed E-state index contributed by atoms with van der Waals surface area (Å²) in [5.74, 6) is -2.73. The molecule has 2 aliphatic heterocycles. The average molecular weight is 414 g/mol. The SMILES string of the molecule is CSc1ccc(N2CCC(C3CCN(C(=O)C(=O)C(F)(F)F)CC3)CC2)cc1. The van der Waals surface area contributed by atoms with Crippen molar-refractivity contribution in [3.8, 4) is 0 Å². The Morgan fingerprint density at radius 3 is 1.89 bits per heavy atom. The van der Waals surface area contributed by atoms with Crippen LogP contribution >= 0.6 is 11.8 Å². The smallest absolute Gasteiger partial charge is 0.372 e. The lowest BCUT2D eigenvalue weighted by Crippen LogP contribution is -2.47. The lowest BCUT2D eigenvalue weighted by molar-refractivity contribution is -0.179. The molecule has 4 nitrogen and oxygen atoms in total. The Labute approximate surface area is 167 Å². The van der Waals surface area contributed by atoms with Gasteiger partial charge in [0.15, 0.2) is 0 Å².